The molecule has 0 spiro atoms. The zero-order chi connectivity index (χ0) is 9.68. The largest absolute Gasteiger partial charge is 0.401 e. The van der Waals surface area contributed by atoms with E-state index in [1.165, 1.54) is 0 Å². The van der Waals surface area contributed by atoms with E-state index in [0.29, 0.717) is 5.57 Å². The highest BCUT2D eigenvalue weighted by atomic mass is 14.9. The Morgan fingerprint density at radius 2 is 2.54 bits per heavy atom. The first-order chi connectivity index (χ1) is 6.27. The number of rotatable bonds is 3. The molecule has 0 saturated carbocycles. The van der Waals surface area contributed by atoms with E-state index >= 15 is 0 Å². The molecule has 0 heterocycles. The molecular formula is C10H15N3. The number of hydrogen-bond acceptors (Lipinski definition) is 3. The Balaban J connectivity index is 2.53. The van der Waals surface area contributed by atoms with Crippen LogP contribution in [0.25, 0.3) is 0 Å². The van der Waals surface area contributed by atoms with Crippen LogP contribution in [0.3, 0.4) is 0 Å². The molecule has 0 aromatic rings. The van der Waals surface area contributed by atoms with Crippen LogP contribution in [0, 0.1) is 11.3 Å². The molecule has 1 rings (SSSR count). The number of nitrogens with two attached hydrogens (primary N) is 1. The van der Waals surface area contributed by atoms with Crippen molar-refractivity contribution in [1.29, 1.82) is 5.26 Å². The summed E-state index contributed by atoms with van der Waals surface area (Å²) in [5.41, 5.74) is 7.24. The summed E-state index contributed by atoms with van der Waals surface area (Å²) < 4.78 is 0. The van der Waals surface area contributed by atoms with Crippen LogP contribution in [-0.2, 0) is 0 Å². The van der Waals surface area contributed by atoms with Crippen LogP contribution in [0.5, 0.6) is 0 Å². The molecule has 0 saturated heterocycles. The highest BCUT2D eigenvalue weighted by Gasteiger charge is 2.13. The van der Waals surface area contributed by atoms with E-state index in [0.717, 1.165) is 25.1 Å². The van der Waals surface area contributed by atoms with Gasteiger partial charge >= 0.3 is 0 Å². The van der Waals surface area contributed by atoms with Crippen LogP contribution in [-0.4, -0.2) is 12.6 Å². The third-order valence-corrected chi connectivity index (χ3v) is 2.07. The van der Waals surface area contributed by atoms with E-state index in [1.807, 2.05) is 6.08 Å². The van der Waals surface area contributed by atoms with Crippen LogP contribution in [0.1, 0.15) is 19.8 Å². The molecule has 3 nitrogen and oxygen atoms in total. The number of hydrogen-bond donors (Lipinski definition) is 2. The smallest absolute Gasteiger partial charge is 0.0988 e. The number of allylic oxidation sites excluding steroid dienone is 2. The highest BCUT2D eigenvalue weighted by molar-refractivity contribution is 5.39. The van der Waals surface area contributed by atoms with Gasteiger partial charge in [-0.3, -0.25) is 0 Å². The van der Waals surface area contributed by atoms with Crippen molar-refractivity contribution >= 4 is 0 Å². The second-order valence-corrected chi connectivity index (χ2v) is 3.16. The van der Waals surface area contributed by atoms with E-state index in [4.69, 9.17) is 11.0 Å². The van der Waals surface area contributed by atoms with Gasteiger partial charge in [0.2, 0.25) is 0 Å². The quantitative estimate of drug-likeness (QED) is 0.677. The third-order valence-electron chi connectivity index (χ3n) is 2.07. The monoisotopic (exact) mass is 177 g/mol. The lowest BCUT2D eigenvalue weighted by atomic mass is 10.0. The van der Waals surface area contributed by atoms with Gasteiger partial charge in [-0.2, -0.15) is 5.26 Å². The van der Waals surface area contributed by atoms with Crippen molar-refractivity contribution in [3.63, 3.8) is 0 Å². The van der Waals surface area contributed by atoms with Gasteiger partial charge in [0.1, 0.15) is 0 Å². The Kier molecular flexibility index (Phi) is 3.53. The van der Waals surface area contributed by atoms with Crippen molar-refractivity contribution in [3.8, 4) is 6.07 Å². The number of nitrogens with one attached hydrogen (secondary N) is 1. The first-order valence-corrected chi connectivity index (χ1v) is 4.58. The molecule has 0 amide bonds. The maximum absolute atomic E-state index is 8.63. The maximum Gasteiger partial charge on any atom is 0.0988 e. The molecular weight excluding hydrogens is 162 g/mol. The maximum atomic E-state index is 8.63. The summed E-state index contributed by atoms with van der Waals surface area (Å²) in [6, 6.07) is 2.31. The Hall–Kier alpha value is -1.27. The van der Waals surface area contributed by atoms with E-state index in [-0.39, 0.29) is 6.04 Å². The van der Waals surface area contributed by atoms with Crippen molar-refractivity contribution in [3.05, 3.63) is 23.4 Å². The molecule has 0 bridgehead atoms. The summed E-state index contributed by atoms with van der Waals surface area (Å²) in [5, 5.41) is 12.0. The topological polar surface area (TPSA) is 61.8 Å². The van der Waals surface area contributed by atoms with Crippen molar-refractivity contribution in [2.75, 3.05) is 6.54 Å². The Bertz CT molecular complexity index is 270. The van der Waals surface area contributed by atoms with Crippen LogP contribution < -0.4 is 11.1 Å². The molecule has 1 atom stereocenters. The van der Waals surface area contributed by atoms with Crippen molar-refractivity contribution in [2.45, 2.75) is 25.8 Å². The SMILES string of the molecule is CCCN[C@H]1CC=C(C#N)C=C1N. The fraction of sp³-hybridized carbons (Fsp3) is 0.500. The summed E-state index contributed by atoms with van der Waals surface area (Å²) in [5.74, 6) is 0. The first-order valence-electron chi connectivity index (χ1n) is 4.58. The van der Waals surface area contributed by atoms with Gasteiger partial charge in [0.15, 0.2) is 0 Å². The first kappa shape index (κ1) is 9.82. The van der Waals surface area contributed by atoms with E-state index < -0.39 is 0 Å². The molecule has 0 fully saturated rings. The van der Waals surface area contributed by atoms with Gasteiger partial charge < -0.3 is 11.1 Å². The Morgan fingerprint density at radius 3 is 3.08 bits per heavy atom. The predicted octanol–water partition coefficient (Wildman–Crippen LogP) is 1.05. The number of nitriles is 1. The lowest BCUT2D eigenvalue weighted by molar-refractivity contribution is 0.561. The summed E-state index contributed by atoms with van der Waals surface area (Å²) in [4.78, 5) is 0. The van der Waals surface area contributed by atoms with Gasteiger partial charge in [-0.15, -0.1) is 0 Å². The molecule has 13 heavy (non-hydrogen) atoms. The average molecular weight is 177 g/mol. The van der Waals surface area contributed by atoms with Gasteiger partial charge in [-0.05, 0) is 25.5 Å². The zero-order valence-electron chi connectivity index (χ0n) is 7.88. The summed E-state index contributed by atoms with van der Waals surface area (Å²) in [6.07, 6.45) is 5.59. The minimum atomic E-state index is 0.219. The van der Waals surface area contributed by atoms with Gasteiger partial charge in [-0.25, -0.2) is 0 Å². The molecule has 0 aromatic heterocycles. The van der Waals surface area contributed by atoms with Gasteiger partial charge in [-0.1, -0.05) is 13.0 Å². The summed E-state index contributed by atoms with van der Waals surface area (Å²) in [7, 11) is 0. The molecule has 0 aliphatic heterocycles. The van der Waals surface area contributed by atoms with Crippen LogP contribution in [0.4, 0.5) is 0 Å². The summed E-state index contributed by atoms with van der Waals surface area (Å²) >= 11 is 0. The second-order valence-electron chi connectivity index (χ2n) is 3.16. The number of nitrogens with zero attached hydrogens (tertiary/aromatic N) is 1. The predicted molar refractivity (Wildman–Crippen MR) is 52.7 cm³/mol. The zero-order valence-corrected chi connectivity index (χ0v) is 7.88. The second kappa shape index (κ2) is 4.68. The fourth-order valence-corrected chi connectivity index (χ4v) is 1.32. The van der Waals surface area contributed by atoms with Gasteiger partial charge in [0.25, 0.3) is 0 Å². The molecule has 1 aliphatic rings. The van der Waals surface area contributed by atoms with Crippen molar-refractivity contribution < 1.29 is 0 Å². The van der Waals surface area contributed by atoms with Gasteiger partial charge in [0, 0.05) is 11.3 Å². The molecule has 3 N–H and O–H groups in total. The minimum absolute atomic E-state index is 0.219. The lowest BCUT2D eigenvalue weighted by Gasteiger charge is -2.20. The van der Waals surface area contributed by atoms with Crippen molar-refractivity contribution in [1.82, 2.24) is 5.32 Å². The standard InChI is InChI=1S/C10H15N3/c1-2-5-13-10-4-3-8(7-11)6-9(10)12/h3,6,10,13H,2,4-5,12H2,1H3/t10-/m0/s1. The third kappa shape index (κ3) is 2.60. The average Bonchev–Trinajstić information content (AvgIpc) is 2.16. The summed E-state index contributed by atoms with van der Waals surface area (Å²) in [6.45, 7) is 3.08. The van der Waals surface area contributed by atoms with Crippen LogP contribution >= 0.6 is 0 Å². The lowest BCUT2D eigenvalue weighted by Crippen LogP contribution is -2.35. The molecule has 0 unspecified atom stereocenters. The van der Waals surface area contributed by atoms with Crippen LogP contribution in [0.15, 0.2) is 23.4 Å². The Morgan fingerprint density at radius 1 is 1.77 bits per heavy atom. The van der Waals surface area contributed by atoms with E-state index in [1.54, 1.807) is 6.08 Å². The molecule has 3 heteroatoms. The molecule has 0 radical (unpaired) electrons. The molecule has 1 aliphatic carbocycles. The molecule has 70 valence electrons. The van der Waals surface area contributed by atoms with Gasteiger partial charge in [0.05, 0.1) is 12.1 Å². The minimum Gasteiger partial charge on any atom is -0.401 e. The van der Waals surface area contributed by atoms with Crippen molar-refractivity contribution in [2.24, 2.45) is 5.73 Å². The highest BCUT2D eigenvalue weighted by Crippen LogP contribution is 2.13. The van der Waals surface area contributed by atoms with Crippen LogP contribution in [0.2, 0.25) is 0 Å². The molecule has 0 aromatic carbocycles. The normalized spacial score (nSPS) is 21.7. The Labute approximate surface area is 78.9 Å². The fourth-order valence-electron chi connectivity index (χ4n) is 1.32. The van der Waals surface area contributed by atoms with E-state index in [2.05, 4.69) is 18.3 Å². The van der Waals surface area contributed by atoms with E-state index in [9.17, 15) is 0 Å².